The molecule has 0 spiro atoms. The summed E-state index contributed by atoms with van der Waals surface area (Å²) in [4.78, 5) is 6.25. The summed E-state index contributed by atoms with van der Waals surface area (Å²) in [6.07, 6.45) is 1.92. The Balaban J connectivity index is 2.18. The first-order chi connectivity index (χ1) is 8.06. The zero-order chi connectivity index (χ0) is 12.4. The van der Waals surface area contributed by atoms with E-state index in [1.54, 1.807) is 4.52 Å². The van der Waals surface area contributed by atoms with Crippen LogP contribution in [0.3, 0.4) is 0 Å². The van der Waals surface area contributed by atoms with Gasteiger partial charge in [0.25, 0.3) is 0 Å². The summed E-state index contributed by atoms with van der Waals surface area (Å²) in [5, 5.41) is 7.47. The van der Waals surface area contributed by atoms with Crippen LogP contribution < -0.4 is 11.1 Å². The highest BCUT2D eigenvalue weighted by molar-refractivity contribution is 5.56. The van der Waals surface area contributed by atoms with Crippen molar-refractivity contribution in [1.29, 1.82) is 0 Å². The Morgan fingerprint density at radius 3 is 2.94 bits per heavy atom. The van der Waals surface area contributed by atoms with Crippen molar-refractivity contribution in [3.05, 3.63) is 17.8 Å². The Hall–Kier alpha value is -1.82. The number of nitrogens with one attached hydrogen (secondary N) is 1. The third-order valence-corrected chi connectivity index (χ3v) is 2.57. The van der Waals surface area contributed by atoms with Gasteiger partial charge in [-0.15, -0.1) is 5.10 Å². The maximum atomic E-state index is 5.56. The molecule has 0 amide bonds. The van der Waals surface area contributed by atoms with Gasteiger partial charge in [-0.05, 0) is 32.6 Å². The first-order valence-corrected chi connectivity index (χ1v) is 5.57. The summed E-state index contributed by atoms with van der Waals surface area (Å²) in [6.45, 7) is 3.92. The molecule has 0 aliphatic carbocycles. The standard InChI is InChI=1S/C11H18N6/c1-8-6-10-14-11(12)15-17(10)7-9(8)13-4-5-16(2)3/h6-7,13H,4-5H2,1-3H3,(H2,12,15). The van der Waals surface area contributed by atoms with Gasteiger partial charge in [-0.25, -0.2) is 4.52 Å². The Morgan fingerprint density at radius 2 is 2.24 bits per heavy atom. The van der Waals surface area contributed by atoms with Crippen molar-refractivity contribution < 1.29 is 0 Å². The monoisotopic (exact) mass is 234 g/mol. The third kappa shape index (κ3) is 2.65. The molecule has 0 atom stereocenters. The van der Waals surface area contributed by atoms with Crippen LogP contribution in [0.4, 0.5) is 11.6 Å². The lowest BCUT2D eigenvalue weighted by Crippen LogP contribution is -2.21. The molecule has 6 nitrogen and oxygen atoms in total. The van der Waals surface area contributed by atoms with E-state index in [4.69, 9.17) is 5.73 Å². The highest BCUT2D eigenvalue weighted by atomic mass is 15.3. The summed E-state index contributed by atoms with van der Waals surface area (Å²) >= 11 is 0. The lowest BCUT2D eigenvalue weighted by molar-refractivity contribution is 0.425. The molecule has 6 heteroatoms. The topological polar surface area (TPSA) is 71.5 Å². The maximum absolute atomic E-state index is 5.56. The molecule has 0 unspecified atom stereocenters. The molecule has 2 aromatic rings. The number of likely N-dealkylation sites (N-methyl/N-ethyl adjacent to an activating group) is 1. The second kappa shape index (κ2) is 4.58. The fraction of sp³-hybridized carbons (Fsp3) is 0.455. The predicted molar refractivity (Wildman–Crippen MR) is 69.2 cm³/mol. The Bertz CT molecular complexity index is 516. The second-order valence-electron chi connectivity index (χ2n) is 4.37. The van der Waals surface area contributed by atoms with Crippen LogP contribution in [-0.4, -0.2) is 46.7 Å². The van der Waals surface area contributed by atoms with Crippen LogP contribution in [-0.2, 0) is 0 Å². The molecule has 0 aromatic carbocycles. The number of aromatic nitrogens is 3. The minimum absolute atomic E-state index is 0.301. The number of fused-ring (bicyclic) bond motifs is 1. The minimum Gasteiger partial charge on any atom is -0.382 e. The van der Waals surface area contributed by atoms with Crippen molar-refractivity contribution >= 4 is 17.3 Å². The molecule has 17 heavy (non-hydrogen) atoms. The van der Waals surface area contributed by atoms with E-state index >= 15 is 0 Å². The van der Waals surface area contributed by atoms with Gasteiger partial charge in [-0.3, -0.25) is 0 Å². The number of pyridine rings is 1. The molecule has 0 radical (unpaired) electrons. The summed E-state index contributed by atoms with van der Waals surface area (Å²) in [5.74, 6) is 0.301. The first-order valence-electron chi connectivity index (χ1n) is 5.57. The average molecular weight is 234 g/mol. The van der Waals surface area contributed by atoms with E-state index in [1.807, 2.05) is 19.2 Å². The van der Waals surface area contributed by atoms with Crippen LogP contribution in [0.25, 0.3) is 5.65 Å². The van der Waals surface area contributed by atoms with E-state index in [0.717, 1.165) is 30.0 Å². The SMILES string of the molecule is Cc1cc2nc(N)nn2cc1NCCN(C)C. The molecule has 0 fully saturated rings. The van der Waals surface area contributed by atoms with Crippen LogP contribution in [0.5, 0.6) is 0 Å². The number of nitrogen functional groups attached to an aromatic ring is 1. The van der Waals surface area contributed by atoms with Crippen LogP contribution >= 0.6 is 0 Å². The van der Waals surface area contributed by atoms with Crippen molar-refractivity contribution in [3.8, 4) is 0 Å². The van der Waals surface area contributed by atoms with Gasteiger partial charge in [0.15, 0.2) is 5.65 Å². The summed E-state index contributed by atoms with van der Waals surface area (Å²) < 4.78 is 1.69. The maximum Gasteiger partial charge on any atom is 0.240 e. The summed E-state index contributed by atoms with van der Waals surface area (Å²) in [7, 11) is 4.10. The number of hydrogen-bond donors (Lipinski definition) is 2. The zero-order valence-corrected chi connectivity index (χ0v) is 10.4. The van der Waals surface area contributed by atoms with Gasteiger partial charge < -0.3 is 16.0 Å². The number of anilines is 2. The van der Waals surface area contributed by atoms with E-state index in [-0.39, 0.29) is 0 Å². The molecular formula is C11H18N6. The lowest BCUT2D eigenvalue weighted by Gasteiger charge is -2.13. The molecule has 2 rings (SSSR count). The zero-order valence-electron chi connectivity index (χ0n) is 10.4. The predicted octanol–water partition coefficient (Wildman–Crippen LogP) is 0.593. The van der Waals surface area contributed by atoms with Crippen LogP contribution in [0, 0.1) is 6.92 Å². The minimum atomic E-state index is 0.301. The van der Waals surface area contributed by atoms with Gasteiger partial charge in [0.05, 0.1) is 11.9 Å². The largest absolute Gasteiger partial charge is 0.382 e. The van der Waals surface area contributed by atoms with Crippen molar-refractivity contribution in [2.75, 3.05) is 38.2 Å². The molecule has 0 saturated carbocycles. The van der Waals surface area contributed by atoms with Crippen LogP contribution in [0.2, 0.25) is 0 Å². The van der Waals surface area contributed by atoms with Crippen molar-refractivity contribution in [2.24, 2.45) is 0 Å². The molecule has 0 aliphatic rings. The fourth-order valence-corrected chi connectivity index (χ4v) is 1.64. The Kier molecular flexibility index (Phi) is 3.14. The van der Waals surface area contributed by atoms with E-state index in [2.05, 4.69) is 34.4 Å². The molecular weight excluding hydrogens is 216 g/mol. The number of aryl methyl sites for hydroxylation is 1. The molecule has 0 aliphatic heterocycles. The van der Waals surface area contributed by atoms with E-state index in [0.29, 0.717) is 5.95 Å². The summed E-state index contributed by atoms with van der Waals surface area (Å²) in [6, 6.07) is 1.97. The van der Waals surface area contributed by atoms with Crippen molar-refractivity contribution in [2.45, 2.75) is 6.92 Å². The lowest BCUT2D eigenvalue weighted by atomic mass is 10.2. The number of rotatable bonds is 4. The van der Waals surface area contributed by atoms with Gasteiger partial charge in [0.1, 0.15) is 0 Å². The molecule has 2 heterocycles. The molecule has 2 aromatic heterocycles. The molecule has 92 valence electrons. The smallest absolute Gasteiger partial charge is 0.240 e. The molecule has 0 bridgehead atoms. The Labute approximate surface area is 100 Å². The van der Waals surface area contributed by atoms with Crippen molar-refractivity contribution in [3.63, 3.8) is 0 Å². The second-order valence-corrected chi connectivity index (χ2v) is 4.37. The fourth-order valence-electron chi connectivity index (χ4n) is 1.64. The van der Waals surface area contributed by atoms with Crippen LogP contribution in [0.15, 0.2) is 12.3 Å². The number of nitrogens with zero attached hydrogens (tertiary/aromatic N) is 4. The van der Waals surface area contributed by atoms with Gasteiger partial charge in [0.2, 0.25) is 5.95 Å². The number of nitrogens with two attached hydrogens (primary N) is 1. The number of hydrogen-bond acceptors (Lipinski definition) is 5. The van der Waals surface area contributed by atoms with E-state index in [9.17, 15) is 0 Å². The van der Waals surface area contributed by atoms with Crippen molar-refractivity contribution in [1.82, 2.24) is 19.5 Å². The van der Waals surface area contributed by atoms with E-state index < -0.39 is 0 Å². The molecule has 3 N–H and O–H groups in total. The Morgan fingerprint density at radius 1 is 1.47 bits per heavy atom. The van der Waals surface area contributed by atoms with Gasteiger partial charge in [-0.2, -0.15) is 4.98 Å². The van der Waals surface area contributed by atoms with Crippen LogP contribution in [0.1, 0.15) is 5.56 Å². The van der Waals surface area contributed by atoms with Gasteiger partial charge in [-0.1, -0.05) is 0 Å². The molecule has 0 saturated heterocycles. The van der Waals surface area contributed by atoms with Gasteiger partial charge >= 0.3 is 0 Å². The average Bonchev–Trinajstić information content (AvgIpc) is 2.57. The highest BCUT2D eigenvalue weighted by Crippen LogP contribution is 2.16. The van der Waals surface area contributed by atoms with Gasteiger partial charge in [0, 0.05) is 13.1 Å². The highest BCUT2D eigenvalue weighted by Gasteiger charge is 2.04. The van der Waals surface area contributed by atoms with E-state index in [1.165, 1.54) is 0 Å². The summed E-state index contributed by atoms with van der Waals surface area (Å²) in [5.41, 5.74) is 8.54. The third-order valence-electron chi connectivity index (χ3n) is 2.57. The first kappa shape index (κ1) is 11.7. The normalized spacial score (nSPS) is 11.3. The quantitative estimate of drug-likeness (QED) is 0.810.